The van der Waals surface area contributed by atoms with Crippen LogP contribution in [0.5, 0.6) is 0 Å². The molecule has 6 heteroatoms. The quantitative estimate of drug-likeness (QED) is 0.853. The first-order valence-corrected chi connectivity index (χ1v) is 9.39. The van der Waals surface area contributed by atoms with Crippen LogP contribution in [0.1, 0.15) is 10.4 Å². The van der Waals surface area contributed by atoms with Crippen LogP contribution in [-0.4, -0.2) is 60.0 Å². The number of aromatic nitrogens is 1. The molecule has 2 aromatic rings. The van der Waals surface area contributed by atoms with Gasteiger partial charge in [-0.25, -0.2) is 4.98 Å². The van der Waals surface area contributed by atoms with Crippen LogP contribution in [0.2, 0.25) is 0 Å². The van der Waals surface area contributed by atoms with E-state index in [9.17, 15) is 4.79 Å². The number of rotatable bonds is 3. The molecule has 0 aromatic carbocycles. The number of amides is 1. The van der Waals surface area contributed by atoms with E-state index in [-0.39, 0.29) is 5.91 Å². The van der Waals surface area contributed by atoms with E-state index in [1.54, 1.807) is 0 Å². The molecule has 5 nitrogen and oxygen atoms in total. The molecule has 2 aromatic heterocycles. The summed E-state index contributed by atoms with van der Waals surface area (Å²) >= 11 is 1.81. The summed E-state index contributed by atoms with van der Waals surface area (Å²) in [6.45, 7) is 5.87. The molecule has 0 spiro atoms. The van der Waals surface area contributed by atoms with Gasteiger partial charge in [0.2, 0.25) is 5.91 Å². The maximum atomic E-state index is 12.6. The normalized spacial score (nSPS) is 18.5. The van der Waals surface area contributed by atoms with Crippen molar-refractivity contribution in [3.63, 3.8) is 0 Å². The average Bonchev–Trinajstić information content (AvgIpc) is 3.11. The third-order valence-corrected chi connectivity index (χ3v) is 5.89. The van der Waals surface area contributed by atoms with Crippen molar-refractivity contribution in [2.24, 2.45) is 0 Å². The van der Waals surface area contributed by atoms with Gasteiger partial charge in [0, 0.05) is 50.3 Å². The van der Waals surface area contributed by atoms with E-state index in [1.165, 1.54) is 10.4 Å². The van der Waals surface area contributed by atoms with E-state index in [0.29, 0.717) is 6.54 Å². The Bertz CT molecular complexity index is 694. The van der Waals surface area contributed by atoms with E-state index < -0.39 is 0 Å². The number of anilines is 1. The lowest BCUT2D eigenvalue weighted by atomic mass is 10.1. The summed E-state index contributed by atoms with van der Waals surface area (Å²) in [5.74, 6) is 1.29. The predicted octanol–water partition coefficient (Wildman–Crippen LogP) is 1.85. The Kier molecular flexibility index (Phi) is 4.49. The summed E-state index contributed by atoms with van der Waals surface area (Å²) in [4.78, 5) is 25.0. The van der Waals surface area contributed by atoms with Gasteiger partial charge in [-0.3, -0.25) is 9.69 Å². The maximum absolute atomic E-state index is 12.6. The fraction of sp³-hybridized carbons (Fsp3) is 0.444. The van der Waals surface area contributed by atoms with Crippen molar-refractivity contribution in [1.82, 2.24) is 14.8 Å². The van der Waals surface area contributed by atoms with Crippen LogP contribution in [0.25, 0.3) is 0 Å². The van der Waals surface area contributed by atoms with Crippen molar-refractivity contribution >= 4 is 23.1 Å². The van der Waals surface area contributed by atoms with Crippen LogP contribution in [0.15, 0.2) is 35.8 Å². The largest absolute Gasteiger partial charge is 0.354 e. The smallest absolute Gasteiger partial charge is 0.237 e. The highest BCUT2D eigenvalue weighted by atomic mass is 32.1. The molecule has 2 aliphatic heterocycles. The van der Waals surface area contributed by atoms with E-state index in [0.717, 1.165) is 51.5 Å². The standard InChI is InChI=1S/C18H22N4OS/c23-18(22-7-4-16-15(13-22)5-12-24-16)14-20-8-10-21(11-9-20)17-3-1-2-6-19-17/h1-3,5-6,12H,4,7-11,13-14H2. The summed E-state index contributed by atoms with van der Waals surface area (Å²) < 4.78 is 0. The van der Waals surface area contributed by atoms with Gasteiger partial charge in [0.1, 0.15) is 5.82 Å². The van der Waals surface area contributed by atoms with Gasteiger partial charge >= 0.3 is 0 Å². The van der Waals surface area contributed by atoms with Crippen molar-refractivity contribution in [2.45, 2.75) is 13.0 Å². The lowest BCUT2D eigenvalue weighted by Crippen LogP contribution is -2.50. The minimum absolute atomic E-state index is 0.262. The number of carbonyl (C=O) groups excluding carboxylic acids is 1. The molecule has 1 saturated heterocycles. The Hall–Kier alpha value is -1.92. The van der Waals surface area contributed by atoms with Crippen LogP contribution >= 0.6 is 11.3 Å². The molecular weight excluding hydrogens is 320 g/mol. The molecule has 0 saturated carbocycles. The van der Waals surface area contributed by atoms with Gasteiger partial charge in [0.05, 0.1) is 6.54 Å². The van der Waals surface area contributed by atoms with Gasteiger partial charge in [0.15, 0.2) is 0 Å². The van der Waals surface area contributed by atoms with Crippen LogP contribution in [0.4, 0.5) is 5.82 Å². The average molecular weight is 342 g/mol. The fourth-order valence-corrected chi connectivity index (χ4v) is 4.32. The number of hydrogen-bond donors (Lipinski definition) is 0. The molecule has 0 N–H and O–H groups in total. The minimum Gasteiger partial charge on any atom is -0.354 e. The zero-order valence-electron chi connectivity index (χ0n) is 13.7. The highest BCUT2D eigenvalue weighted by Crippen LogP contribution is 2.24. The van der Waals surface area contributed by atoms with Crippen LogP contribution in [0.3, 0.4) is 0 Å². The van der Waals surface area contributed by atoms with Crippen molar-refractivity contribution in [2.75, 3.05) is 44.2 Å². The summed E-state index contributed by atoms with van der Waals surface area (Å²) in [6.07, 6.45) is 2.84. The molecule has 0 bridgehead atoms. The number of fused-ring (bicyclic) bond motifs is 1. The first-order chi connectivity index (χ1) is 11.8. The Balaban J connectivity index is 1.29. The lowest BCUT2D eigenvalue weighted by Gasteiger charge is -2.36. The zero-order chi connectivity index (χ0) is 16.4. The van der Waals surface area contributed by atoms with Gasteiger partial charge in [-0.15, -0.1) is 11.3 Å². The number of carbonyl (C=O) groups is 1. The zero-order valence-corrected chi connectivity index (χ0v) is 14.5. The second kappa shape index (κ2) is 6.91. The number of piperazine rings is 1. The topological polar surface area (TPSA) is 39.7 Å². The van der Waals surface area contributed by atoms with Gasteiger partial charge in [-0.1, -0.05) is 6.07 Å². The number of hydrogen-bond acceptors (Lipinski definition) is 5. The monoisotopic (exact) mass is 342 g/mol. The predicted molar refractivity (Wildman–Crippen MR) is 96.3 cm³/mol. The number of thiophene rings is 1. The van der Waals surface area contributed by atoms with Crippen molar-refractivity contribution in [3.8, 4) is 0 Å². The summed E-state index contributed by atoms with van der Waals surface area (Å²) in [7, 11) is 0. The molecular formula is C18H22N4OS. The molecule has 0 radical (unpaired) electrons. The van der Waals surface area contributed by atoms with E-state index in [1.807, 2.05) is 40.6 Å². The van der Waals surface area contributed by atoms with E-state index >= 15 is 0 Å². The third kappa shape index (κ3) is 3.30. The summed E-state index contributed by atoms with van der Waals surface area (Å²) in [5.41, 5.74) is 1.33. The molecule has 24 heavy (non-hydrogen) atoms. The summed E-state index contributed by atoms with van der Waals surface area (Å²) in [6, 6.07) is 8.17. The fourth-order valence-electron chi connectivity index (χ4n) is 3.43. The van der Waals surface area contributed by atoms with E-state index in [2.05, 4.69) is 26.2 Å². The second-order valence-corrected chi connectivity index (χ2v) is 7.39. The Morgan fingerprint density at radius 1 is 1.12 bits per heavy atom. The van der Waals surface area contributed by atoms with E-state index in [4.69, 9.17) is 0 Å². The third-order valence-electron chi connectivity index (χ3n) is 4.86. The molecule has 0 unspecified atom stereocenters. The van der Waals surface area contributed by atoms with Gasteiger partial charge in [-0.05, 0) is 35.6 Å². The molecule has 1 fully saturated rings. The van der Waals surface area contributed by atoms with Crippen LogP contribution in [0, 0.1) is 0 Å². The second-order valence-electron chi connectivity index (χ2n) is 6.39. The van der Waals surface area contributed by atoms with Crippen LogP contribution in [-0.2, 0) is 17.8 Å². The van der Waals surface area contributed by atoms with Crippen LogP contribution < -0.4 is 4.90 Å². The number of pyridine rings is 1. The molecule has 4 heterocycles. The van der Waals surface area contributed by atoms with Gasteiger partial charge in [0.25, 0.3) is 0 Å². The minimum atomic E-state index is 0.262. The SMILES string of the molecule is O=C(CN1CCN(c2ccccn2)CC1)N1CCc2sccc2C1. The highest BCUT2D eigenvalue weighted by molar-refractivity contribution is 7.10. The number of nitrogens with zero attached hydrogens (tertiary/aromatic N) is 4. The van der Waals surface area contributed by atoms with Gasteiger partial charge < -0.3 is 9.80 Å². The first kappa shape index (κ1) is 15.6. The van der Waals surface area contributed by atoms with Crippen molar-refractivity contribution in [1.29, 1.82) is 0 Å². The lowest BCUT2D eigenvalue weighted by molar-refractivity contribution is -0.133. The molecule has 1 amide bonds. The van der Waals surface area contributed by atoms with Crippen molar-refractivity contribution < 1.29 is 4.79 Å². The Morgan fingerprint density at radius 2 is 2.00 bits per heavy atom. The molecule has 2 aliphatic rings. The molecule has 126 valence electrons. The maximum Gasteiger partial charge on any atom is 0.237 e. The molecule has 0 aliphatic carbocycles. The Morgan fingerprint density at radius 3 is 2.79 bits per heavy atom. The molecule has 0 atom stereocenters. The first-order valence-electron chi connectivity index (χ1n) is 8.51. The van der Waals surface area contributed by atoms with Crippen molar-refractivity contribution in [3.05, 3.63) is 46.3 Å². The Labute approximate surface area is 146 Å². The van der Waals surface area contributed by atoms with Gasteiger partial charge in [-0.2, -0.15) is 0 Å². The summed E-state index contributed by atoms with van der Waals surface area (Å²) in [5, 5.41) is 2.13. The highest BCUT2D eigenvalue weighted by Gasteiger charge is 2.25. The molecule has 4 rings (SSSR count).